The highest BCUT2D eigenvalue weighted by molar-refractivity contribution is 5.72. The Morgan fingerprint density at radius 1 is 1.40 bits per heavy atom. The molecule has 1 aromatic carbocycles. The zero-order valence-corrected chi connectivity index (χ0v) is 8.69. The lowest BCUT2D eigenvalue weighted by molar-refractivity contribution is -0.141. The van der Waals surface area contributed by atoms with Crippen LogP contribution in [0.25, 0.3) is 0 Å². The molecule has 0 aromatic heterocycles. The third-order valence-electron chi connectivity index (χ3n) is 1.76. The van der Waals surface area contributed by atoms with Gasteiger partial charge in [-0.25, -0.2) is 0 Å². The van der Waals surface area contributed by atoms with Crippen molar-refractivity contribution in [3.05, 3.63) is 42.0 Å². The molecule has 0 fully saturated rings. The Bertz CT molecular complexity index is 352. The molecule has 0 aliphatic carbocycles. The number of esters is 1. The fourth-order valence-electron chi connectivity index (χ4n) is 1.04. The minimum absolute atomic E-state index is 0.189. The average Bonchev–Trinajstić information content (AvgIpc) is 2.19. The summed E-state index contributed by atoms with van der Waals surface area (Å²) in [7, 11) is 0. The van der Waals surface area contributed by atoms with Gasteiger partial charge in [-0.15, -0.1) is 0 Å². The van der Waals surface area contributed by atoms with Gasteiger partial charge in [0.1, 0.15) is 12.4 Å². The van der Waals surface area contributed by atoms with Crippen LogP contribution in [0.5, 0.6) is 5.75 Å². The van der Waals surface area contributed by atoms with E-state index in [2.05, 4.69) is 6.58 Å². The summed E-state index contributed by atoms with van der Waals surface area (Å²) in [5, 5.41) is 9.04. The summed E-state index contributed by atoms with van der Waals surface area (Å²) >= 11 is 0. The van der Waals surface area contributed by atoms with Gasteiger partial charge in [0.05, 0.1) is 6.42 Å². The molecule has 0 aliphatic rings. The summed E-state index contributed by atoms with van der Waals surface area (Å²) in [6.07, 6.45) is 0.216. The van der Waals surface area contributed by atoms with E-state index in [9.17, 15) is 4.79 Å². The largest absolute Gasteiger partial charge is 0.508 e. The van der Waals surface area contributed by atoms with Gasteiger partial charge in [0.2, 0.25) is 0 Å². The molecule has 0 spiro atoms. The van der Waals surface area contributed by atoms with Crippen molar-refractivity contribution in [2.75, 3.05) is 6.61 Å². The Balaban J connectivity index is 2.44. The molecule has 80 valence electrons. The lowest BCUT2D eigenvalue weighted by Crippen LogP contribution is -2.09. The maximum Gasteiger partial charge on any atom is 0.310 e. The van der Waals surface area contributed by atoms with Crippen LogP contribution < -0.4 is 0 Å². The lowest BCUT2D eigenvalue weighted by Gasteiger charge is -2.04. The summed E-state index contributed by atoms with van der Waals surface area (Å²) in [5.41, 5.74) is 1.63. The Hall–Kier alpha value is -1.77. The molecule has 1 N–H and O–H groups in total. The van der Waals surface area contributed by atoms with Gasteiger partial charge in [-0.1, -0.05) is 18.7 Å². The van der Waals surface area contributed by atoms with Crippen molar-refractivity contribution in [1.29, 1.82) is 0 Å². The molecule has 0 radical (unpaired) electrons. The first-order valence-electron chi connectivity index (χ1n) is 4.66. The molecule has 0 bridgehead atoms. The van der Waals surface area contributed by atoms with E-state index in [0.717, 1.165) is 11.1 Å². The van der Waals surface area contributed by atoms with Gasteiger partial charge in [-0.3, -0.25) is 4.79 Å². The second-order valence-electron chi connectivity index (χ2n) is 3.46. The highest BCUT2D eigenvalue weighted by Gasteiger charge is 2.04. The van der Waals surface area contributed by atoms with Crippen LogP contribution in [0.3, 0.4) is 0 Å². The molecular formula is C12H14O3. The number of benzene rings is 1. The number of carbonyl (C=O) groups is 1. The number of hydrogen-bond acceptors (Lipinski definition) is 3. The van der Waals surface area contributed by atoms with Gasteiger partial charge in [0, 0.05) is 0 Å². The number of phenolic OH excluding ortho intramolecular Hbond substituents is 1. The van der Waals surface area contributed by atoms with E-state index in [1.54, 1.807) is 31.2 Å². The first-order chi connectivity index (χ1) is 7.08. The second kappa shape index (κ2) is 5.20. The molecule has 0 atom stereocenters. The molecule has 3 nitrogen and oxygen atoms in total. The van der Waals surface area contributed by atoms with Gasteiger partial charge >= 0.3 is 5.97 Å². The van der Waals surface area contributed by atoms with Crippen LogP contribution in [-0.2, 0) is 16.0 Å². The standard InChI is InChI=1S/C12H14O3/c1-9(2)8-15-12(14)7-10-3-5-11(13)6-4-10/h3-6,13H,1,7-8H2,2H3. The van der Waals surface area contributed by atoms with E-state index in [1.165, 1.54) is 0 Å². The maximum absolute atomic E-state index is 11.3. The fraction of sp³-hybridized carbons (Fsp3) is 0.250. The molecule has 1 aromatic rings. The number of hydrogen-bond donors (Lipinski definition) is 1. The molecular weight excluding hydrogens is 192 g/mol. The lowest BCUT2D eigenvalue weighted by atomic mass is 10.1. The third kappa shape index (κ3) is 4.31. The zero-order chi connectivity index (χ0) is 11.3. The molecule has 1 rings (SSSR count). The van der Waals surface area contributed by atoms with E-state index in [4.69, 9.17) is 9.84 Å². The molecule has 3 heteroatoms. The summed E-state index contributed by atoms with van der Waals surface area (Å²) in [6, 6.07) is 6.47. The Morgan fingerprint density at radius 3 is 2.53 bits per heavy atom. The van der Waals surface area contributed by atoms with E-state index < -0.39 is 0 Å². The highest BCUT2D eigenvalue weighted by atomic mass is 16.5. The molecule has 0 saturated heterocycles. The maximum atomic E-state index is 11.3. The Morgan fingerprint density at radius 2 is 2.00 bits per heavy atom. The average molecular weight is 206 g/mol. The van der Waals surface area contributed by atoms with Crippen molar-refractivity contribution < 1.29 is 14.6 Å². The van der Waals surface area contributed by atoms with Crippen LogP contribution in [0.1, 0.15) is 12.5 Å². The number of rotatable bonds is 4. The van der Waals surface area contributed by atoms with Crippen LogP contribution in [0.2, 0.25) is 0 Å². The molecule has 0 amide bonds. The topological polar surface area (TPSA) is 46.5 Å². The Labute approximate surface area is 89.0 Å². The predicted molar refractivity (Wildman–Crippen MR) is 57.6 cm³/mol. The molecule has 0 aliphatic heterocycles. The summed E-state index contributed by atoms with van der Waals surface area (Å²) < 4.78 is 4.94. The van der Waals surface area contributed by atoms with Crippen LogP contribution >= 0.6 is 0 Å². The van der Waals surface area contributed by atoms with Crippen molar-refractivity contribution in [2.24, 2.45) is 0 Å². The van der Waals surface area contributed by atoms with Crippen molar-refractivity contribution in [3.63, 3.8) is 0 Å². The van der Waals surface area contributed by atoms with E-state index in [-0.39, 0.29) is 24.7 Å². The van der Waals surface area contributed by atoms with Gasteiger partial charge in [0.25, 0.3) is 0 Å². The van der Waals surface area contributed by atoms with Gasteiger partial charge in [-0.05, 0) is 30.2 Å². The normalized spacial score (nSPS) is 9.67. The Kier molecular flexibility index (Phi) is 3.92. The number of carbonyl (C=O) groups excluding carboxylic acids is 1. The first-order valence-corrected chi connectivity index (χ1v) is 4.66. The summed E-state index contributed by atoms with van der Waals surface area (Å²) in [6.45, 7) is 5.70. The summed E-state index contributed by atoms with van der Waals surface area (Å²) in [5.74, 6) is -0.0993. The van der Waals surface area contributed by atoms with Crippen molar-refractivity contribution in [3.8, 4) is 5.75 Å². The van der Waals surface area contributed by atoms with Gasteiger partial charge in [0.15, 0.2) is 0 Å². The molecule has 0 saturated carbocycles. The SMILES string of the molecule is C=C(C)COC(=O)Cc1ccc(O)cc1. The van der Waals surface area contributed by atoms with Gasteiger partial charge < -0.3 is 9.84 Å². The zero-order valence-electron chi connectivity index (χ0n) is 8.69. The summed E-state index contributed by atoms with van der Waals surface area (Å²) in [4.78, 5) is 11.3. The fourth-order valence-corrected chi connectivity index (χ4v) is 1.04. The highest BCUT2D eigenvalue weighted by Crippen LogP contribution is 2.10. The van der Waals surface area contributed by atoms with Gasteiger partial charge in [-0.2, -0.15) is 0 Å². The van der Waals surface area contributed by atoms with Crippen LogP contribution in [0.4, 0.5) is 0 Å². The third-order valence-corrected chi connectivity index (χ3v) is 1.76. The minimum Gasteiger partial charge on any atom is -0.508 e. The van der Waals surface area contributed by atoms with Crippen molar-refractivity contribution in [2.45, 2.75) is 13.3 Å². The first kappa shape index (κ1) is 11.3. The van der Waals surface area contributed by atoms with E-state index in [0.29, 0.717) is 0 Å². The molecule has 15 heavy (non-hydrogen) atoms. The minimum atomic E-state index is -0.288. The van der Waals surface area contributed by atoms with Crippen LogP contribution in [-0.4, -0.2) is 17.7 Å². The number of phenols is 1. The quantitative estimate of drug-likeness (QED) is 0.605. The monoisotopic (exact) mass is 206 g/mol. The van der Waals surface area contributed by atoms with Crippen molar-refractivity contribution in [1.82, 2.24) is 0 Å². The van der Waals surface area contributed by atoms with E-state index in [1.807, 2.05) is 0 Å². The van der Waals surface area contributed by atoms with Crippen LogP contribution in [0, 0.1) is 0 Å². The van der Waals surface area contributed by atoms with E-state index >= 15 is 0 Å². The molecule has 0 unspecified atom stereocenters. The second-order valence-corrected chi connectivity index (χ2v) is 3.46. The smallest absolute Gasteiger partial charge is 0.310 e. The number of ether oxygens (including phenoxy) is 1. The van der Waals surface area contributed by atoms with Crippen LogP contribution in [0.15, 0.2) is 36.4 Å². The number of aromatic hydroxyl groups is 1. The molecule has 0 heterocycles. The van der Waals surface area contributed by atoms with Crippen molar-refractivity contribution >= 4 is 5.97 Å². The predicted octanol–water partition coefficient (Wildman–Crippen LogP) is 2.05.